The summed E-state index contributed by atoms with van der Waals surface area (Å²) in [6.45, 7) is 2.51. The summed E-state index contributed by atoms with van der Waals surface area (Å²) >= 11 is 0. The van der Waals surface area contributed by atoms with E-state index < -0.39 is 23.1 Å². The van der Waals surface area contributed by atoms with E-state index in [1.807, 2.05) is 6.07 Å². The molecule has 0 N–H and O–H groups in total. The Morgan fingerprint density at radius 2 is 1.77 bits per heavy atom. The summed E-state index contributed by atoms with van der Waals surface area (Å²) < 4.78 is 58.5. The lowest BCUT2D eigenvalue weighted by atomic mass is 9.97. The monoisotopic (exact) mass is 409 g/mol. The Morgan fingerprint density at radius 1 is 1.00 bits per heavy atom. The quantitative estimate of drug-likeness (QED) is 0.380. The first-order valence-electron chi connectivity index (χ1n) is 9.05. The first-order chi connectivity index (χ1) is 14.2. The molecule has 3 nitrogen and oxygen atoms in total. The van der Waals surface area contributed by atoms with Crippen LogP contribution in [0.2, 0.25) is 0 Å². The molecule has 0 bridgehead atoms. The number of halogens is 4. The summed E-state index contributed by atoms with van der Waals surface area (Å²) in [5, 5.41) is 9.29. The first-order valence-corrected chi connectivity index (χ1v) is 9.05. The molecular formula is C23H15F4N3. The highest BCUT2D eigenvalue weighted by Crippen LogP contribution is 2.34. The number of nitrogens with zero attached hydrogens (tertiary/aromatic N) is 3. The highest BCUT2D eigenvalue weighted by molar-refractivity contribution is 5.76. The maximum atomic E-state index is 14.8. The van der Waals surface area contributed by atoms with E-state index in [1.165, 1.54) is 61.0 Å². The number of benzene rings is 2. The van der Waals surface area contributed by atoms with Crippen LogP contribution in [0.25, 0.3) is 28.0 Å². The summed E-state index contributed by atoms with van der Waals surface area (Å²) in [5.41, 5.74) is -0.772. The molecule has 0 spiro atoms. The number of hydrogen-bond donors (Lipinski definition) is 0. The number of rotatable bonds is 3. The molecule has 0 saturated carbocycles. The van der Waals surface area contributed by atoms with Gasteiger partial charge in [0, 0.05) is 28.5 Å². The number of nitriles is 1. The fourth-order valence-electron chi connectivity index (χ4n) is 3.42. The van der Waals surface area contributed by atoms with Gasteiger partial charge in [0.1, 0.15) is 17.3 Å². The number of alkyl halides is 1. The standard InChI is InChI=1S/C23H15F4N3/c1-23(2,27)18-7-8-30-20(12-29-22(30)21(18)26)13-3-6-19(25)17(10-13)16-5-4-15(24)9-14(16)11-28/h3-10,12H,1-2H3. The zero-order chi connectivity index (χ0) is 21.6. The zero-order valence-corrected chi connectivity index (χ0v) is 16.0. The van der Waals surface area contributed by atoms with Gasteiger partial charge in [-0.2, -0.15) is 5.26 Å². The van der Waals surface area contributed by atoms with Crippen molar-refractivity contribution in [1.29, 1.82) is 5.26 Å². The second kappa shape index (κ2) is 6.99. The topological polar surface area (TPSA) is 41.1 Å². The molecule has 0 fully saturated rings. The molecule has 4 aromatic rings. The van der Waals surface area contributed by atoms with Crippen LogP contribution in [0.3, 0.4) is 0 Å². The van der Waals surface area contributed by atoms with E-state index in [-0.39, 0.29) is 27.9 Å². The smallest absolute Gasteiger partial charge is 0.174 e. The number of imidazole rings is 1. The Morgan fingerprint density at radius 3 is 2.47 bits per heavy atom. The molecule has 0 aliphatic carbocycles. The maximum absolute atomic E-state index is 14.8. The molecule has 0 saturated heterocycles. The van der Waals surface area contributed by atoms with Gasteiger partial charge in [-0.05, 0) is 50.2 Å². The van der Waals surface area contributed by atoms with Crippen LogP contribution in [0.1, 0.15) is 25.0 Å². The van der Waals surface area contributed by atoms with Crippen molar-refractivity contribution >= 4 is 5.65 Å². The number of fused-ring (bicyclic) bond motifs is 1. The van der Waals surface area contributed by atoms with Crippen molar-refractivity contribution < 1.29 is 17.6 Å². The third-order valence-corrected chi connectivity index (χ3v) is 4.91. The van der Waals surface area contributed by atoms with E-state index in [1.54, 1.807) is 0 Å². The molecule has 2 heterocycles. The lowest BCUT2D eigenvalue weighted by Crippen LogP contribution is -2.13. The minimum atomic E-state index is -1.88. The molecular weight excluding hydrogens is 394 g/mol. The molecule has 0 radical (unpaired) electrons. The third-order valence-electron chi connectivity index (χ3n) is 4.91. The van der Waals surface area contributed by atoms with Crippen molar-refractivity contribution in [2.24, 2.45) is 0 Å². The van der Waals surface area contributed by atoms with Crippen LogP contribution in [0.5, 0.6) is 0 Å². The van der Waals surface area contributed by atoms with Gasteiger partial charge in [-0.1, -0.05) is 6.07 Å². The van der Waals surface area contributed by atoms with Gasteiger partial charge in [0.2, 0.25) is 0 Å². The third kappa shape index (κ3) is 3.20. The lowest BCUT2D eigenvalue weighted by molar-refractivity contribution is 0.214. The van der Waals surface area contributed by atoms with E-state index in [4.69, 9.17) is 0 Å². The van der Waals surface area contributed by atoms with Crippen molar-refractivity contribution in [2.75, 3.05) is 0 Å². The van der Waals surface area contributed by atoms with Crippen LogP contribution in [0.4, 0.5) is 17.6 Å². The summed E-state index contributed by atoms with van der Waals surface area (Å²) in [7, 11) is 0. The van der Waals surface area contributed by atoms with Gasteiger partial charge in [-0.25, -0.2) is 22.5 Å². The molecule has 2 aromatic heterocycles. The SMILES string of the molecule is CC(C)(F)c1ccn2c(-c3ccc(F)c(-c4ccc(F)cc4C#N)c3)cnc2c1F. The number of aromatic nitrogens is 2. The van der Waals surface area contributed by atoms with Crippen molar-refractivity contribution in [3.05, 3.63) is 83.4 Å². The van der Waals surface area contributed by atoms with E-state index >= 15 is 0 Å². The van der Waals surface area contributed by atoms with E-state index in [9.17, 15) is 22.8 Å². The van der Waals surface area contributed by atoms with Gasteiger partial charge in [0.05, 0.1) is 23.5 Å². The number of pyridine rings is 1. The molecule has 7 heteroatoms. The highest BCUT2D eigenvalue weighted by atomic mass is 19.2. The highest BCUT2D eigenvalue weighted by Gasteiger charge is 2.26. The van der Waals surface area contributed by atoms with Crippen molar-refractivity contribution in [3.8, 4) is 28.5 Å². The maximum Gasteiger partial charge on any atom is 0.174 e. The predicted octanol–water partition coefficient (Wildman–Crippen LogP) is 6.16. The summed E-state index contributed by atoms with van der Waals surface area (Å²) in [5.74, 6) is -1.97. The molecule has 0 aliphatic rings. The molecule has 0 aliphatic heterocycles. The molecule has 4 rings (SSSR count). The molecule has 0 unspecified atom stereocenters. The Balaban J connectivity index is 1.90. The van der Waals surface area contributed by atoms with Crippen molar-refractivity contribution in [2.45, 2.75) is 19.5 Å². The summed E-state index contributed by atoms with van der Waals surface area (Å²) in [4.78, 5) is 4.06. The van der Waals surface area contributed by atoms with Crippen molar-refractivity contribution in [1.82, 2.24) is 9.38 Å². The van der Waals surface area contributed by atoms with Crippen LogP contribution in [-0.2, 0) is 5.67 Å². The molecule has 0 atom stereocenters. The second-order valence-electron chi connectivity index (χ2n) is 7.35. The normalized spacial score (nSPS) is 11.6. The average molecular weight is 409 g/mol. The molecule has 30 heavy (non-hydrogen) atoms. The van der Waals surface area contributed by atoms with E-state index in [2.05, 4.69) is 4.98 Å². The average Bonchev–Trinajstić information content (AvgIpc) is 3.13. The second-order valence-corrected chi connectivity index (χ2v) is 7.35. The van der Waals surface area contributed by atoms with Crippen molar-refractivity contribution in [3.63, 3.8) is 0 Å². The Hall–Kier alpha value is -3.66. The lowest BCUT2D eigenvalue weighted by Gasteiger charge is -2.16. The Kier molecular flexibility index (Phi) is 4.58. The Labute approximate surface area is 169 Å². The van der Waals surface area contributed by atoms with Crippen LogP contribution < -0.4 is 0 Å². The van der Waals surface area contributed by atoms with Crippen LogP contribution in [-0.4, -0.2) is 9.38 Å². The largest absolute Gasteiger partial charge is 0.297 e. The minimum Gasteiger partial charge on any atom is -0.297 e. The number of hydrogen-bond acceptors (Lipinski definition) is 2. The fraction of sp³-hybridized carbons (Fsp3) is 0.130. The van der Waals surface area contributed by atoms with E-state index in [0.29, 0.717) is 11.3 Å². The summed E-state index contributed by atoms with van der Waals surface area (Å²) in [6, 6.07) is 10.9. The van der Waals surface area contributed by atoms with Gasteiger partial charge >= 0.3 is 0 Å². The van der Waals surface area contributed by atoms with Gasteiger partial charge in [0.25, 0.3) is 0 Å². The van der Waals surface area contributed by atoms with Gasteiger partial charge in [-0.3, -0.25) is 4.40 Å². The predicted molar refractivity (Wildman–Crippen MR) is 105 cm³/mol. The van der Waals surface area contributed by atoms with Crippen LogP contribution >= 0.6 is 0 Å². The molecule has 2 aromatic carbocycles. The zero-order valence-electron chi connectivity index (χ0n) is 16.0. The molecule has 0 amide bonds. The van der Waals surface area contributed by atoms with Gasteiger partial charge in [-0.15, -0.1) is 0 Å². The van der Waals surface area contributed by atoms with Gasteiger partial charge in [0.15, 0.2) is 11.5 Å². The van der Waals surface area contributed by atoms with Crippen LogP contribution in [0.15, 0.2) is 54.9 Å². The minimum absolute atomic E-state index is 0.00921. The Bertz CT molecular complexity index is 1330. The fourth-order valence-corrected chi connectivity index (χ4v) is 3.42. The summed E-state index contributed by atoms with van der Waals surface area (Å²) in [6.07, 6.45) is 2.90. The van der Waals surface area contributed by atoms with E-state index in [0.717, 1.165) is 12.1 Å². The first kappa shape index (κ1) is 19.6. The van der Waals surface area contributed by atoms with Crippen LogP contribution in [0, 0.1) is 28.8 Å². The molecule has 150 valence electrons. The van der Waals surface area contributed by atoms with Gasteiger partial charge < -0.3 is 0 Å².